The van der Waals surface area contributed by atoms with Crippen LogP contribution in [0.3, 0.4) is 0 Å². The summed E-state index contributed by atoms with van der Waals surface area (Å²) in [4.78, 5) is 0. The highest BCUT2D eigenvalue weighted by Gasteiger charge is 2.80. The summed E-state index contributed by atoms with van der Waals surface area (Å²) in [6.07, 6.45) is -0.843. The van der Waals surface area contributed by atoms with Gasteiger partial charge in [0.05, 0.1) is 0 Å². The zero-order valence-corrected chi connectivity index (χ0v) is 12.9. The molecule has 3 unspecified atom stereocenters. The first-order valence-corrected chi connectivity index (χ1v) is 7.91. The molecule has 0 fully saturated rings. The van der Waals surface area contributed by atoms with Gasteiger partial charge in [0, 0.05) is 0 Å². The molecule has 1 aliphatic carbocycles. The Balaban J connectivity index is 2.86. The van der Waals surface area contributed by atoms with E-state index in [1.54, 1.807) is 15.9 Å². The first kappa shape index (κ1) is 17.4. The molecule has 0 saturated carbocycles. The van der Waals surface area contributed by atoms with Gasteiger partial charge in [0.2, 0.25) is 0 Å². The number of hydrogen-bond donors (Lipinski definition) is 1. The minimum absolute atomic E-state index is 0.419. The number of benzene rings is 1. The van der Waals surface area contributed by atoms with Gasteiger partial charge in [-0.25, -0.2) is 13.2 Å². The predicted molar refractivity (Wildman–Crippen MR) is 71.5 cm³/mol. The SMILES string of the molecule is O=S(=O)(O)C1(F)C=CC(F)(F)C(F)(c2ccccc2)C1(F)Br. The molecule has 1 N–H and O–H groups in total. The van der Waals surface area contributed by atoms with E-state index in [0.717, 1.165) is 24.3 Å². The van der Waals surface area contributed by atoms with Crippen LogP contribution in [0.5, 0.6) is 0 Å². The third-order valence-corrected chi connectivity index (χ3v) is 5.93. The topological polar surface area (TPSA) is 54.4 Å². The van der Waals surface area contributed by atoms with Gasteiger partial charge >= 0.3 is 21.0 Å². The van der Waals surface area contributed by atoms with Gasteiger partial charge in [0.15, 0.2) is 0 Å². The number of halogens is 6. The van der Waals surface area contributed by atoms with Crippen LogP contribution in [0.15, 0.2) is 42.5 Å². The lowest BCUT2D eigenvalue weighted by atomic mass is 9.79. The molecule has 3 nitrogen and oxygen atoms in total. The lowest BCUT2D eigenvalue weighted by Gasteiger charge is -2.46. The lowest BCUT2D eigenvalue weighted by molar-refractivity contribution is -0.178. The van der Waals surface area contributed by atoms with Crippen molar-refractivity contribution >= 4 is 26.0 Å². The average Bonchev–Trinajstić information content (AvgIpc) is 2.41. The third kappa shape index (κ3) is 1.96. The predicted octanol–water partition coefficient (Wildman–Crippen LogP) is 3.67. The van der Waals surface area contributed by atoms with Gasteiger partial charge in [-0.05, 0) is 33.6 Å². The molecule has 0 spiro atoms. The molecule has 1 aliphatic rings. The molecule has 1 aromatic carbocycles. The molecule has 0 bridgehead atoms. The minimum Gasteiger partial charge on any atom is -0.283 e. The molecule has 122 valence electrons. The number of rotatable bonds is 2. The summed E-state index contributed by atoms with van der Waals surface area (Å²) >= 11 is 1.80. The van der Waals surface area contributed by atoms with Gasteiger partial charge in [-0.15, -0.1) is 0 Å². The Morgan fingerprint density at radius 1 is 0.955 bits per heavy atom. The molecule has 10 heteroatoms. The number of alkyl halides is 6. The van der Waals surface area contributed by atoms with E-state index in [9.17, 15) is 26.0 Å². The van der Waals surface area contributed by atoms with Gasteiger partial charge < -0.3 is 0 Å². The van der Waals surface area contributed by atoms with Crippen LogP contribution in [-0.2, 0) is 15.8 Å². The maximum absolute atomic E-state index is 15.0. The Labute approximate surface area is 130 Å². The highest BCUT2D eigenvalue weighted by Crippen LogP contribution is 2.63. The van der Waals surface area contributed by atoms with Gasteiger partial charge in [-0.2, -0.15) is 17.2 Å². The normalized spacial score (nSPS) is 38.0. The van der Waals surface area contributed by atoms with E-state index < -0.39 is 49.0 Å². The second-order valence-corrected chi connectivity index (χ2v) is 7.31. The van der Waals surface area contributed by atoms with Gasteiger partial charge in [0.1, 0.15) is 0 Å². The van der Waals surface area contributed by atoms with Crippen LogP contribution in [0.1, 0.15) is 5.56 Å². The van der Waals surface area contributed by atoms with Crippen LogP contribution in [-0.4, -0.2) is 28.5 Å². The largest absolute Gasteiger partial charge is 0.308 e. The monoisotopic (exact) mass is 406 g/mol. The van der Waals surface area contributed by atoms with Crippen LogP contribution in [0, 0.1) is 0 Å². The Morgan fingerprint density at radius 3 is 1.91 bits per heavy atom. The van der Waals surface area contributed by atoms with Crippen LogP contribution in [0.2, 0.25) is 0 Å². The van der Waals surface area contributed by atoms with Crippen LogP contribution in [0.4, 0.5) is 22.0 Å². The van der Waals surface area contributed by atoms with Crippen molar-refractivity contribution < 1.29 is 34.9 Å². The van der Waals surface area contributed by atoms with E-state index >= 15 is 4.39 Å². The second-order valence-electron chi connectivity index (χ2n) is 4.68. The van der Waals surface area contributed by atoms with Crippen LogP contribution < -0.4 is 0 Å². The number of hydrogen-bond acceptors (Lipinski definition) is 2. The lowest BCUT2D eigenvalue weighted by Crippen LogP contribution is -2.66. The van der Waals surface area contributed by atoms with Crippen molar-refractivity contribution in [3.8, 4) is 0 Å². The van der Waals surface area contributed by atoms with E-state index in [2.05, 4.69) is 0 Å². The van der Waals surface area contributed by atoms with Crippen molar-refractivity contribution in [3.05, 3.63) is 48.0 Å². The summed E-state index contributed by atoms with van der Waals surface area (Å²) in [5, 5.41) is -4.45. The highest BCUT2D eigenvalue weighted by molar-refractivity contribution is 9.10. The Bertz CT molecular complexity index is 722. The summed E-state index contributed by atoms with van der Waals surface area (Å²) in [6, 6.07) is 4.96. The Kier molecular flexibility index (Phi) is 3.74. The van der Waals surface area contributed by atoms with E-state index in [-0.39, 0.29) is 0 Å². The van der Waals surface area contributed by atoms with Gasteiger partial charge in [-0.1, -0.05) is 30.3 Å². The molecule has 1 aromatic rings. The fraction of sp³-hybridized carbons (Fsp3) is 0.333. The fourth-order valence-electron chi connectivity index (χ4n) is 2.17. The van der Waals surface area contributed by atoms with Crippen molar-refractivity contribution in [3.63, 3.8) is 0 Å². The molecule has 0 aromatic heterocycles. The summed E-state index contributed by atoms with van der Waals surface area (Å²) in [7, 11) is -5.91. The molecule has 0 heterocycles. The second kappa shape index (κ2) is 4.75. The summed E-state index contributed by atoms with van der Waals surface area (Å²) in [6.45, 7) is 0. The van der Waals surface area contributed by atoms with Crippen molar-refractivity contribution in [1.29, 1.82) is 0 Å². The van der Waals surface area contributed by atoms with E-state index in [1.807, 2.05) is 0 Å². The summed E-state index contributed by atoms with van der Waals surface area (Å²) in [5.74, 6) is -4.59. The molecule has 0 radical (unpaired) electrons. The van der Waals surface area contributed by atoms with Gasteiger partial charge in [0.25, 0.3) is 10.2 Å². The van der Waals surface area contributed by atoms with E-state index in [1.165, 1.54) is 6.07 Å². The first-order chi connectivity index (χ1) is 9.81. The van der Waals surface area contributed by atoms with E-state index in [4.69, 9.17) is 4.55 Å². The molecular weight excluding hydrogens is 399 g/mol. The minimum atomic E-state index is -5.91. The van der Waals surface area contributed by atoms with Crippen molar-refractivity contribution in [2.75, 3.05) is 0 Å². The van der Waals surface area contributed by atoms with Crippen LogP contribution >= 0.6 is 15.9 Å². The highest BCUT2D eigenvalue weighted by atomic mass is 79.9. The Morgan fingerprint density at radius 2 is 1.45 bits per heavy atom. The molecule has 0 aliphatic heterocycles. The molecule has 3 atom stereocenters. The maximum atomic E-state index is 15.0. The zero-order chi connectivity index (χ0) is 17.0. The van der Waals surface area contributed by atoms with Crippen molar-refractivity contribution in [1.82, 2.24) is 0 Å². The van der Waals surface area contributed by atoms with Crippen LogP contribution in [0.25, 0.3) is 0 Å². The molecular formula is C12H8BrF5O3S. The quantitative estimate of drug-likeness (QED) is 0.352. The first-order valence-electron chi connectivity index (χ1n) is 5.68. The van der Waals surface area contributed by atoms with E-state index in [0.29, 0.717) is 0 Å². The maximum Gasteiger partial charge on any atom is 0.308 e. The summed E-state index contributed by atoms with van der Waals surface area (Å²) < 4.78 is 98.8. The molecule has 2 rings (SSSR count). The zero-order valence-electron chi connectivity index (χ0n) is 10.5. The van der Waals surface area contributed by atoms with Crippen molar-refractivity contribution in [2.45, 2.75) is 21.2 Å². The molecule has 0 amide bonds. The standard InChI is InChI=1S/C12H8BrF5O3S/c13-12(18)10(16,22(19,20)21)7-6-9(14,15)11(12,17)8-4-2-1-3-5-8/h1-7H,(H,19,20,21). The van der Waals surface area contributed by atoms with Crippen molar-refractivity contribution in [2.24, 2.45) is 0 Å². The fourth-order valence-corrected chi connectivity index (χ4v) is 4.11. The Hall–Kier alpha value is -1.000. The molecule has 22 heavy (non-hydrogen) atoms. The smallest absolute Gasteiger partial charge is 0.283 e. The summed E-state index contributed by atoms with van der Waals surface area (Å²) in [5.41, 5.74) is -5.44. The molecule has 0 saturated heterocycles. The van der Waals surface area contributed by atoms with Gasteiger partial charge in [-0.3, -0.25) is 4.55 Å². The average molecular weight is 407 g/mol. The third-order valence-electron chi connectivity index (χ3n) is 3.37. The number of allylic oxidation sites excluding steroid dienone is 1.